The SMILES string of the molecule is CN(C)P1(=O)CC2=C(CC=CC2)C1. The third kappa shape index (κ3) is 1.53. The standard InChI is InChI=1S/C10H16NOP/c1-11(2)13(12)7-9-5-3-4-6-10(9)8-13/h3-4H,5-8H2,1-2H3. The Labute approximate surface area is 79.7 Å². The molecule has 0 fully saturated rings. The normalized spacial score (nSPS) is 25.5. The molecule has 0 bridgehead atoms. The van der Waals surface area contributed by atoms with E-state index in [1.54, 1.807) is 0 Å². The Bertz CT molecular complexity index is 304. The summed E-state index contributed by atoms with van der Waals surface area (Å²) >= 11 is 0. The molecule has 2 aliphatic rings. The van der Waals surface area contributed by atoms with Gasteiger partial charge in [0.1, 0.15) is 0 Å². The number of rotatable bonds is 1. The molecule has 0 unspecified atom stereocenters. The first-order valence-corrected chi connectivity index (χ1v) is 6.75. The maximum absolute atomic E-state index is 12.3. The van der Waals surface area contributed by atoms with Crippen molar-refractivity contribution < 1.29 is 4.57 Å². The zero-order valence-corrected chi connectivity index (χ0v) is 9.18. The van der Waals surface area contributed by atoms with E-state index < -0.39 is 7.29 Å². The van der Waals surface area contributed by atoms with Gasteiger partial charge in [-0.3, -0.25) is 4.67 Å². The summed E-state index contributed by atoms with van der Waals surface area (Å²) in [5.41, 5.74) is 2.89. The van der Waals surface area contributed by atoms with Crippen molar-refractivity contribution in [2.45, 2.75) is 12.8 Å². The fourth-order valence-electron chi connectivity index (χ4n) is 2.03. The van der Waals surface area contributed by atoms with E-state index in [0.717, 1.165) is 25.2 Å². The van der Waals surface area contributed by atoms with Crippen LogP contribution < -0.4 is 0 Å². The second-order valence-corrected chi connectivity index (χ2v) is 7.22. The molecule has 2 nitrogen and oxygen atoms in total. The number of hydrogen-bond acceptors (Lipinski definition) is 1. The lowest BCUT2D eigenvalue weighted by Crippen LogP contribution is -2.10. The second kappa shape index (κ2) is 3.11. The number of nitrogens with zero attached hydrogens (tertiary/aromatic N) is 1. The monoisotopic (exact) mass is 197 g/mol. The van der Waals surface area contributed by atoms with Gasteiger partial charge < -0.3 is 4.57 Å². The van der Waals surface area contributed by atoms with Crippen molar-refractivity contribution in [3.05, 3.63) is 23.3 Å². The van der Waals surface area contributed by atoms with Gasteiger partial charge in [0.05, 0.1) is 0 Å². The summed E-state index contributed by atoms with van der Waals surface area (Å²) in [4.78, 5) is 0. The van der Waals surface area contributed by atoms with Crippen LogP contribution in [0.3, 0.4) is 0 Å². The first-order valence-electron chi connectivity index (χ1n) is 4.72. The van der Waals surface area contributed by atoms with Crippen LogP contribution in [0.1, 0.15) is 12.8 Å². The second-order valence-electron chi connectivity index (χ2n) is 4.10. The van der Waals surface area contributed by atoms with Crippen LogP contribution in [0.25, 0.3) is 0 Å². The predicted molar refractivity (Wildman–Crippen MR) is 56.4 cm³/mol. The lowest BCUT2D eigenvalue weighted by atomic mass is 10.0. The average Bonchev–Trinajstić information content (AvgIpc) is 2.42. The molecule has 72 valence electrons. The minimum atomic E-state index is -2.03. The van der Waals surface area contributed by atoms with Crippen LogP contribution in [-0.4, -0.2) is 31.1 Å². The van der Waals surface area contributed by atoms with E-state index in [1.165, 1.54) is 11.1 Å². The highest BCUT2D eigenvalue weighted by molar-refractivity contribution is 7.62. The predicted octanol–water partition coefficient (Wildman–Crippen LogP) is 2.49. The topological polar surface area (TPSA) is 20.3 Å². The first kappa shape index (κ1) is 9.23. The highest BCUT2D eigenvalue weighted by atomic mass is 31.2. The smallest absolute Gasteiger partial charge is 0.157 e. The number of hydrogen-bond donors (Lipinski definition) is 0. The van der Waals surface area contributed by atoms with Crippen LogP contribution in [0, 0.1) is 0 Å². The Balaban J connectivity index is 2.19. The third-order valence-corrected chi connectivity index (χ3v) is 6.21. The van der Waals surface area contributed by atoms with Gasteiger partial charge in [0.25, 0.3) is 0 Å². The number of allylic oxidation sites excluding steroid dienone is 4. The van der Waals surface area contributed by atoms with E-state index in [4.69, 9.17) is 0 Å². The van der Waals surface area contributed by atoms with E-state index in [-0.39, 0.29) is 0 Å². The summed E-state index contributed by atoms with van der Waals surface area (Å²) in [6, 6.07) is 0. The van der Waals surface area contributed by atoms with Crippen molar-refractivity contribution in [2.24, 2.45) is 0 Å². The van der Waals surface area contributed by atoms with Crippen LogP contribution in [0.4, 0.5) is 0 Å². The third-order valence-electron chi connectivity index (χ3n) is 3.00. The lowest BCUT2D eigenvalue weighted by Gasteiger charge is -2.20. The van der Waals surface area contributed by atoms with Gasteiger partial charge in [-0.05, 0) is 26.9 Å². The van der Waals surface area contributed by atoms with E-state index >= 15 is 0 Å². The molecular formula is C10H16NOP. The van der Waals surface area contributed by atoms with Gasteiger partial charge in [0, 0.05) is 12.3 Å². The molecular weight excluding hydrogens is 181 g/mol. The molecule has 13 heavy (non-hydrogen) atoms. The van der Waals surface area contributed by atoms with Gasteiger partial charge in [0.2, 0.25) is 0 Å². The molecule has 0 aromatic heterocycles. The maximum Gasteiger partial charge on any atom is 0.157 e. The molecule has 0 radical (unpaired) electrons. The summed E-state index contributed by atoms with van der Waals surface area (Å²) in [6.07, 6.45) is 8.13. The molecule has 0 saturated carbocycles. The van der Waals surface area contributed by atoms with Gasteiger partial charge in [0.15, 0.2) is 7.29 Å². The minimum Gasteiger partial charge on any atom is -0.306 e. The molecule has 0 spiro atoms. The fraction of sp³-hybridized carbons (Fsp3) is 0.600. The van der Waals surface area contributed by atoms with Crippen molar-refractivity contribution in [3.8, 4) is 0 Å². The van der Waals surface area contributed by atoms with Crippen molar-refractivity contribution in [2.75, 3.05) is 26.4 Å². The largest absolute Gasteiger partial charge is 0.306 e. The molecule has 2 rings (SSSR count). The van der Waals surface area contributed by atoms with E-state index in [1.807, 2.05) is 18.8 Å². The molecule has 0 aromatic rings. The zero-order valence-electron chi connectivity index (χ0n) is 8.29. The van der Waals surface area contributed by atoms with Crippen LogP contribution in [0.2, 0.25) is 0 Å². The summed E-state index contributed by atoms with van der Waals surface area (Å²) in [5.74, 6) is 0. The Kier molecular flexibility index (Phi) is 2.21. The van der Waals surface area contributed by atoms with Crippen molar-refractivity contribution in [3.63, 3.8) is 0 Å². The van der Waals surface area contributed by atoms with Gasteiger partial charge in [-0.15, -0.1) is 0 Å². The van der Waals surface area contributed by atoms with E-state index in [9.17, 15) is 4.57 Å². The lowest BCUT2D eigenvalue weighted by molar-refractivity contribution is 0.520. The Morgan fingerprint density at radius 1 is 1.15 bits per heavy atom. The molecule has 0 aromatic carbocycles. The summed E-state index contributed by atoms with van der Waals surface area (Å²) in [5, 5.41) is 0. The van der Waals surface area contributed by atoms with Gasteiger partial charge >= 0.3 is 0 Å². The molecule has 0 N–H and O–H groups in total. The van der Waals surface area contributed by atoms with Crippen LogP contribution in [0.15, 0.2) is 23.3 Å². The highest BCUT2D eigenvalue weighted by Crippen LogP contribution is 2.57. The highest BCUT2D eigenvalue weighted by Gasteiger charge is 2.34. The molecule has 1 heterocycles. The molecule has 0 amide bonds. The summed E-state index contributed by atoms with van der Waals surface area (Å²) < 4.78 is 14.3. The molecule has 1 aliphatic heterocycles. The van der Waals surface area contributed by atoms with Crippen LogP contribution in [0.5, 0.6) is 0 Å². The zero-order chi connectivity index (χ0) is 9.47. The van der Waals surface area contributed by atoms with Crippen LogP contribution >= 0.6 is 7.29 Å². The molecule has 0 saturated heterocycles. The molecule has 1 aliphatic carbocycles. The quantitative estimate of drug-likeness (QED) is 0.475. The average molecular weight is 197 g/mol. The van der Waals surface area contributed by atoms with Crippen molar-refractivity contribution in [1.82, 2.24) is 4.67 Å². The summed E-state index contributed by atoms with van der Waals surface area (Å²) in [6.45, 7) is 0. The molecule has 3 heteroatoms. The fourth-order valence-corrected chi connectivity index (χ4v) is 4.60. The maximum atomic E-state index is 12.3. The Morgan fingerprint density at radius 3 is 2.00 bits per heavy atom. The minimum absolute atomic E-state index is 0.833. The van der Waals surface area contributed by atoms with Gasteiger partial charge in [-0.25, -0.2) is 0 Å². The first-order chi connectivity index (χ1) is 6.12. The summed E-state index contributed by atoms with van der Waals surface area (Å²) in [7, 11) is 1.85. The van der Waals surface area contributed by atoms with E-state index in [0.29, 0.717) is 0 Å². The van der Waals surface area contributed by atoms with Gasteiger partial charge in [-0.1, -0.05) is 23.3 Å². The molecule has 0 atom stereocenters. The Hall–Kier alpha value is -0.330. The Morgan fingerprint density at radius 2 is 1.62 bits per heavy atom. The van der Waals surface area contributed by atoms with Crippen molar-refractivity contribution in [1.29, 1.82) is 0 Å². The van der Waals surface area contributed by atoms with Crippen LogP contribution in [-0.2, 0) is 4.57 Å². The van der Waals surface area contributed by atoms with Gasteiger partial charge in [-0.2, -0.15) is 0 Å². The van der Waals surface area contributed by atoms with E-state index in [2.05, 4.69) is 12.2 Å². The van der Waals surface area contributed by atoms with Crippen molar-refractivity contribution >= 4 is 7.29 Å².